The van der Waals surface area contributed by atoms with Crippen LogP contribution in [0.15, 0.2) is 18.2 Å². The number of halogens is 2. The smallest absolute Gasteiger partial charge is 0.254 e. The molecule has 186 valence electrons. The Morgan fingerprint density at radius 3 is 2.57 bits per heavy atom. The quantitative estimate of drug-likeness (QED) is 0.304. The van der Waals surface area contributed by atoms with Gasteiger partial charge in [-0.3, -0.25) is 35.3 Å². The van der Waals surface area contributed by atoms with Crippen LogP contribution >= 0.6 is 0 Å². The van der Waals surface area contributed by atoms with Crippen LogP contribution in [0.1, 0.15) is 30.1 Å². The van der Waals surface area contributed by atoms with Crippen LogP contribution in [0.25, 0.3) is 0 Å². The molecule has 4 saturated heterocycles. The summed E-state index contributed by atoms with van der Waals surface area (Å²) < 4.78 is 27.8. The molecule has 0 radical (unpaired) electrons. The van der Waals surface area contributed by atoms with Crippen molar-refractivity contribution in [1.29, 1.82) is 10.8 Å². The minimum atomic E-state index is -1.42. The summed E-state index contributed by atoms with van der Waals surface area (Å²) in [5, 5.41) is 37.0. The SMILES string of the molecule is CC1C(NC(=O)c2cc(F)ccc2F)CN2C(=N)N[C@@H](CN3C(=O)CCC3=O)C3NC(=N)N(O)C132. The van der Waals surface area contributed by atoms with E-state index in [0.29, 0.717) is 5.06 Å². The number of likely N-dealkylation sites (tertiary alicyclic amines) is 1. The highest BCUT2D eigenvalue weighted by Crippen LogP contribution is 2.46. The fourth-order valence-corrected chi connectivity index (χ4v) is 5.69. The van der Waals surface area contributed by atoms with Crippen LogP contribution in [0.5, 0.6) is 0 Å². The third kappa shape index (κ3) is 3.23. The van der Waals surface area contributed by atoms with Gasteiger partial charge >= 0.3 is 0 Å². The number of hydrogen-bond donors (Lipinski definition) is 6. The number of benzene rings is 1. The molecule has 0 aliphatic carbocycles. The van der Waals surface area contributed by atoms with E-state index in [1.807, 2.05) is 0 Å². The van der Waals surface area contributed by atoms with E-state index < -0.39 is 52.8 Å². The maximum absolute atomic E-state index is 14.2. The zero-order valence-corrected chi connectivity index (χ0v) is 18.6. The Morgan fingerprint density at radius 2 is 1.89 bits per heavy atom. The molecule has 5 atom stereocenters. The van der Waals surface area contributed by atoms with Crippen molar-refractivity contribution in [2.24, 2.45) is 5.92 Å². The third-order valence-corrected chi connectivity index (χ3v) is 7.40. The molecule has 12 nitrogen and oxygen atoms in total. The second-order valence-electron chi connectivity index (χ2n) is 9.17. The Labute approximate surface area is 198 Å². The van der Waals surface area contributed by atoms with Gasteiger partial charge in [0, 0.05) is 25.3 Å². The number of carbonyl (C=O) groups excluding carboxylic acids is 3. The van der Waals surface area contributed by atoms with Crippen molar-refractivity contribution in [2.45, 2.75) is 43.6 Å². The van der Waals surface area contributed by atoms with Gasteiger partial charge in [0.2, 0.25) is 17.8 Å². The molecule has 4 aliphatic heterocycles. The van der Waals surface area contributed by atoms with Crippen LogP contribution in [-0.2, 0) is 9.59 Å². The van der Waals surface area contributed by atoms with Crippen molar-refractivity contribution in [2.75, 3.05) is 13.1 Å². The van der Waals surface area contributed by atoms with E-state index in [2.05, 4.69) is 16.0 Å². The highest BCUT2D eigenvalue weighted by Gasteiger charge is 2.69. The van der Waals surface area contributed by atoms with Crippen LogP contribution < -0.4 is 16.0 Å². The number of nitrogens with zero attached hydrogens (tertiary/aromatic N) is 3. The van der Waals surface area contributed by atoms with E-state index in [-0.39, 0.29) is 49.7 Å². The molecule has 3 amide bonds. The topological polar surface area (TPSA) is 165 Å². The number of amides is 3. The summed E-state index contributed by atoms with van der Waals surface area (Å²) in [6.07, 6.45) is 0.197. The van der Waals surface area contributed by atoms with Gasteiger partial charge < -0.3 is 20.9 Å². The predicted molar refractivity (Wildman–Crippen MR) is 115 cm³/mol. The molecule has 1 aromatic carbocycles. The first-order chi connectivity index (χ1) is 16.5. The first kappa shape index (κ1) is 23.0. The summed E-state index contributed by atoms with van der Waals surface area (Å²) in [7, 11) is 0. The molecule has 1 aromatic rings. The van der Waals surface area contributed by atoms with Crippen LogP contribution in [0, 0.1) is 28.4 Å². The van der Waals surface area contributed by atoms with Crippen molar-refractivity contribution < 1.29 is 28.4 Å². The number of guanidine groups is 2. The van der Waals surface area contributed by atoms with Gasteiger partial charge in [0.25, 0.3) is 5.91 Å². The molecular weight excluding hydrogens is 466 g/mol. The van der Waals surface area contributed by atoms with E-state index in [1.54, 1.807) is 6.92 Å². The minimum absolute atomic E-state index is 0.0203. The molecule has 35 heavy (non-hydrogen) atoms. The van der Waals surface area contributed by atoms with Crippen molar-refractivity contribution in [1.82, 2.24) is 30.8 Å². The molecule has 1 spiro atoms. The van der Waals surface area contributed by atoms with E-state index in [0.717, 1.165) is 23.1 Å². The Morgan fingerprint density at radius 1 is 1.20 bits per heavy atom. The fraction of sp³-hybridized carbons (Fsp3) is 0.476. The summed E-state index contributed by atoms with van der Waals surface area (Å²) in [5.41, 5.74) is -1.90. The van der Waals surface area contributed by atoms with Crippen molar-refractivity contribution in [3.8, 4) is 0 Å². The maximum atomic E-state index is 14.2. The summed E-state index contributed by atoms with van der Waals surface area (Å²) >= 11 is 0. The van der Waals surface area contributed by atoms with Gasteiger partial charge in [0.05, 0.1) is 30.2 Å². The third-order valence-electron chi connectivity index (χ3n) is 7.40. The number of nitrogens with one attached hydrogen (secondary N) is 5. The lowest BCUT2D eigenvalue weighted by Crippen LogP contribution is -2.76. The van der Waals surface area contributed by atoms with Crippen molar-refractivity contribution in [3.63, 3.8) is 0 Å². The van der Waals surface area contributed by atoms with Crippen molar-refractivity contribution >= 4 is 29.6 Å². The van der Waals surface area contributed by atoms with Gasteiger partial charge in [-0.2, -0.15) is 5.06 Å². The summed E-state index contributed by atoms with van der Waals surface area (Å²) in [6.45, 7) is 1.64. The van der Waals surface area contributed by atoms with Gasteiger partial charge in [-0.05, 0) is 18.2 Å². The Kier molecular flexibility index (Phi) is 5.16. The molecule has 0 aromatic heterocycles. The van der Waals surface area contributed by atoms with Gasteiger partial charge in [0.1, 0.15) is 11.6 Å². The molecule has 0 bridgehead atoms. The van der Waals surface area contributed by atoms with E-state index in [1.165, 1.54) is 4.90 Å². The van der Waals surface area contributed by atoms with E-state index in [4.69, 9.17) is 10.8 Å². The van der Waals surface area contributed by atoms with Gasteiger partial charge in [-0.15, -0.1) is 0 Å². The van der Waals surface area contributed by atoms with Gasteiger partial charge in [-0.25, -0.2) is 8.78 Å². The lowest BCUT2D eigenvalue weighted by atomic mass is 9.81. The molecular formula is C21H24F2N8O4. The summed E-state index contributed by atoms with van der Waals surface area (Å²) in [4.78, 5) is 39.8. The minimum Gasteiger partial charge on any atom is -0.350 e. The Balaban J connectivity index is 1.46. The standard InChI is InChI=1S/C21H24F2N8O4/c1-9-13(26-18(34)11-6-10(22)2-3-12(11)23)8-30-19(24)27-14(7-29-15(32)4-5-16(29)33)17-21(9,30)31(35)20(25)28-17/h2-3,6,9,13-14,17,35H,4-5,7-8H2,1H3,(H2,24,27)(H2,25,28)(H,26,34)/t9?,13?,14-,17?,21?/m0/s1. The second-order valence-corrected chi connectivity index (χ2v) is 9.17. The number of hydrogen-bond acceptors (Lipinski definition) is 6. The average molecular weight is 490 g/mol. The summed E-state index contributed by atoms with van der Waals surface area (Å²) in [5.74, 6) is -4.33. The first-order valence-electron chi connectivity index (χ1n) is 11.1. The first-order valence-corrected chi connectivity index (χ1v) is 11.1. The van der Waals surface area contributed by atoms with E-state index >= 15 is 0 Å². The number of rotatable bonds is 4. The molecule has 4 aliphatic rings. The van der Waals surface area contributed by atoms with Gasteiger partial charge in [-0.1, -0.05) is 6.92 Å². The average Bonchev–Trinajstić information content (AvgIpc) is 3.39. The maximum Gasteiger partial charge on any atom is 0.254 e. The zero-order chi connectivity index (χ0) is 25.2. The van der Waals surface area contributed by atoms with Crippen LogP contribution in [0.3, 0.4) is 0 Å². The van der Waals surface area contributed by atoms with Gasteiger partial charge in [0.15, 0.2) is 11.6 Å². The molecule has 5 rings (SSSR count). The number of carbonyl (C=O) groups is 3. The highest BCUT2D eigenvalue weighted by atomic mass is 19.1. The van der Waals surface area contributed by atoms with Crippen molar-refractivity contribution in [3.05, 3.63) is 35.4 Å². The predicted octanol–water partition coefficient (Wildman–Crippen LogP) is -0.635. The number of hydroxylamine groups is 2. The second kappa shape index (κ2) is 7.86. The molecule has 4 heterocycles. The molecule has 0 saturated carbocycles. The number of imide groups is 1. The van der Waals surface area contributed by atoms with E-state index in [9.17, 15) is 28.4 Å². The zero-order valence-electron chi connectivity index (χ0n) is 18.6. The Hall–Kier alpha value is -3.81. The van der Waals surface area contributed by atoms with Crippen LogP contribution in [0.4, 0.5) is 8.78 Å². The molecule has 4 fully saturated rings. The Bertz CT molecular complexity index is 1150. The monoisotopic (exact) mass is 490 g/mol. The normalized spacial score (nSPS) is 31.9. The van der Waals surface area contributed by atoms with Crippen LogP contribution in [-0.4, -0.2) is 86.6 Å². The highest BCUT2D eigenvalue weighted by molar-refractivity contribution is 6.02. The summed E-state index contributed by atoms with van der Waals surface area (Å²) in [6, 6.07) is 0.316. The fourth-order valence-electron chi connectivity index (χ4n) is 5.69. The van der Waals surface area contributed by atoms with Crippen LogP contribution in [0.2, 0.25) is 0 Å². The lowest BCUT2D eigenvalue weighted by molar-refractivity contribution is -0.167. The lowest BCUT2D eigenvalue weighted by Gasteiger charge is -2.51. The molecule has 14 heteroatoms. The largest absolute Gasteiger partial charge is 0.350 e. The molecule has 6 N–H and O–H groups in total. The molecule has 4 unspecified atom stereocenters.